The van der Waals surface area contributed by atoms with Crippen LogP contribution in [0, 0.1) is 0 Å². The second-order valence-corrected chi connectivity index (χ2v) is 5.27. The van der Waals surface area contributed by atoms with Crippen molar-refractivity contribution in [1.29, 1.82) is 0 Å². The normalized spacial score (nSPS) is 26.6. The van der Waals surface area contributed by atoms with Crippen molar-refractivity contribution in [3.8, 4) is 0 Å². The fourth-order valence-corrected chi connectivity index (χ4v) is 2.91. The number of nitrogens with zero attached hydrogens (tertiary/aromatic N) is 1. The summed E-state index contributed by atoms with van der Waals surface area (Å²) in [6.45, 7) is 7.11. The summed E-state index contributed by atoms with van der Waals surface area (Å²) in [5.41, 5.74) is 5.98. The van der Waals surface area contributed by atoms with E-state index < -0.39 is 0 Å². The van der Waals surface area contributed by atoms with E-state index in [-0.39, 0.29) is 5.54 Å². The van der Waals surface area contributed by atoms with Gasteiger partial charge in [-0.15, -0.1) is 0 Å². The molecule has 16 heavy (non-hydrogen) atoms. The van der Waals surface area contributed by atoms with Gasteiger partial charge >= 0.3 is 0 Å². The number of nitrogens with two attached hydrogens (primary N) is 1. The third kappa shape index (κ3) is 3.19. The first-order valence-electron chi connectivity index (χ1n) is 6.63. The molecule has 0 amide bonds. The van der Waals surface area contributed by atoms with Crippen LogP contribution < -0.4 is 5.73 Å². The van der Waals surface area contributed by atoms with E-state index in [1.165, 1.54) is 38.6 Å². The summed E-state index contributed by atoms with van der Waals surface area (Å²) in [6.07, 6.45) is 6.55. The van der Waals surface area contributed by atoms with Crippen molar-refractivity contribution in [1.82, 2.24) is 4.90 Å². The van der Waals surface area contributed by atoms with Crippen LogP contribution >= 0.6 is 0 Å². The standard InChI is InChI=1S/C13H28N2O/c1-4-7-12-8-5-6-9-15(12)13(2,10-14)11-16-3/h12H,4-11,14H2,1-3H3. The van der Waals surface area contributed by atoms with Gasteiger partial charge in [0.2, 0.25) is 0 Å². The molecule has 0 aliphatic carbocycles. The van der Waals surface area contributed by atoms with Gasteiger partial charge < -0.3 is 10.5 Å². The highest BCUT2D eigenvalue weighted by Crippen LogP contribution is 2.28. The van der Waals surface area contributed by atoms with E-state index in [1.807, 2.05) is 0 Å². The number of likely N-dealkylation sites (tertiary alicyclic amines) is 1. The Bertz CT molecular complexity index is 196. The molecule has 0 aromatic rings. The molecule has 2 unspecified atom stereocenters. The Morgan fingerprint density at radius 3 is 2.75 bits per heavy atom. The first-order chi connectivity index (χ1) is 7.68. The maximum atomic E-state index is 5.96. The number of methoxy groups -OCH3 is 1. The monoisotopic (exact) mass is 228 g/mol. The fraction of sp³-hybridized carbons (Fsp3) is 1.00. The van der Waals surface area contributed by atoms with Crippen LogP contribution in [0.2, 0.25) is 0 Å². The van der Waals surface area contributed by atoms with Crippen molar-refractivity contribution in [3.63, 3.8) is 0 Å². The first kappa shape index (κ1) is 13.9. The molecule has 0 radical (unpaired) electrons. The lowest BCUT2D eigenvalue weighted by Gasteiger charge is -2.47. The van der Waals surface area contributed by atoms with E-state index in [4.69, 9.17) is 10.5 Å². The lowest BCUT2D eigenvalue weighted by atomic mass is 9.90. The summed E-state index contributed by atoms with van der Waals surface area (Å²) in [5, 5.41) is 0. The lowest BCUT2D eigenvalue weighted by molar-refractivity contribution is -0.0196. The molecule has 1 aliphatic rings. The van der Waals surface area contributed by atoms with Crippen molar-refractivity contribution >= 4 is 0 Å². The summed E-state index contributed by atoms with van der Waals surface area (Å²) in [4.78, 5) is 2.60. The van der Waals surface area contributed by atoms with Crippen LogP contribution in [0.15, 0.2) is 0 Å². The molecule has 1 fully saturated rings. The van der Waals surface area contributed by atoms with Gasteiger partial charge in [0.1, 0.15) is 0 Å². The first-order valence-corrected chi connectivity index (χ1v) is 6.63. The van der Waals surface area contributed by atoms with Crippen molar-refractivity contribution in [2.75, 3.05) is 26.8 Å². The second-order valence-electron chi connectivity index (χ2n) is 5.27. The molecule has 1 aliphatic heterocycles. The van der Waals surface area contributed by atoms with Gasteiger partial charge in [-0.1, -0.05) is 19.8 Å². The maximum absolute atomic E-state index is 5.96. The molecule has 1 rings (SSSR count). The van der Waals surface area contributed by atoms with Gasteiger partial charge in [-0.25, -0.2) is 0 Å². The summed E-state index contributed by atoms with van der Waals surface area (Å²) in [6, 6.07) is 0.711. The van der Waals surface area contributed by atoms with Crippen LogP contribution in [0.5, 0.6) is 0 Å². The smallest absolute Gasteiger partial charge is 0.0656 e. The van der Waals surface area contributed by atoms with Crippen LogP contribution in [0.25, 0.3) is 0 Å². The highest BCUT2D eigenvalue weighted by molar-refractivity contribution is 4.93. The minimum absolute atomic E-state index is 0.0228. The van der Waals surface area contributed by atoms with E-state index in [0.717, 1.165) is 6.61 Å². The zero-order valence-electron chi connectivity index (χ0n) is 11.2. The molecule has 96 valence electrons. The topological polar surface area (TPSA) is 38.5 Å². The van der Waals surface area contributed by atoms with Crippen LogP contribution in [0.1, 0.15) is 46.0 Å². The summed E-state index contributed by atoms with van der Waals surface area (Å²) in [7, 11) is 1.77. The van der Waals surface area contributed by atoms with Gasteiger partial charge in [0, 0.05) is 19.7 Å². The van der Waals surface area contributed by atoms with Crippen molar-refractivity contribution in [3.05, 3.63) is 0 Å². The molecule has 2 atom stereocenters. The number of hydrogen-bond donors (Lipinski definition) is 1. The second kappa shape index (κ2) is 6.58. The third-order valence-corrected chi connectivity index (χ3v) is 3.84. The van der Waals surface area contributed by atoms with Gasteiger partial charge in [-0.3, -0.25) is 4.90 Å². The van der Waals surface area contributed by atoms with Crippen LogP contribution in [-0.4, -0.2) is 43.3 Å². The number of ether oxygens (including phenoxy) is 1. The average Bonchev–Trinajstić information content (AvgIpc) is 2.30. The molecule has 0 aromatic carbocycles. The van der Waals surface area contributed by atoms with Gasteiger partial charge in [-0.05, 0) is 32.7 Å². The predicted molar refractivity (Wildman–Crippen MR) is 68.6 cm³/mol. The van der Waals surface area contributed by atoms with Gasteiger partial charge in [0.25, 0.3) is 0 Å². The molecular formula is C13H28N2O. The minimum atomic E-state index is 0.0228. The average molecular weight is 228 g/mol. The highest BCUT2D eigenvalue weighted by Gasteiger charge is 2.36. The maximum Gasteiger partial charge on any atom is 0.0656 e. The van der Waals surface area contributed by atoms with E-state index in [1.54, 1.807) is 7.11 Å². The Labute approximate surface area is 100 Å². The molecule has 0 spiro atoms. The minimum Gasteiger partial charge on any atom is -0.383 e. The van der Waals surface area contributed by atoms with Crippen LogP contribution in [-0.2, 0) is 4.74 Å². The Morgan fingerprint density at radius 2 is 2.19 bits per heavy atom. The molecule has 3 nitrogen and oxygen atoms in total. The Balaban J connectivity index is 2.70. The largest absolute Gasteiger partial charge is 0.383 e. The van der Waals surface area contributed by atoms with Crippen molar-refractivity contribution in [2.24, 2.45) is 5.73 Å². The molecule has 3 heteroatoms. The molecule has 0 bridgehead atoms. The van der Waals surface area contributed by atoms with Gasteiger partial charge in [0.05, 0.1) is 12.1 Å². The zero-order chi connectivity index (χ0) is 12.0. The SMILES string of the molecule is CCCC1CCCCN1C(C)(CN)COC. The van der Waals surface area contributed by atoms with E-state index in [0.29, 0.717) is 12.6 Å². The number of hydrogen-bond acceptors (Lipinski definition) is 3. The number of piperidine rings is 1. The fourth-order valence-electron chi connectivity index (χ4n) is 2.91. The Kier molecular flexibility index (Phi) is 5.73. The predicted octanol–water partition coefficient (Wildman–Crippen LogP) is 2.00. The van der Waals surface area contributed by atoms with Crippen molar-refractivity contribution < 1.29 is 4.74 Å². The van der Waals surface area contributed by atoms with Crippen LogP contribution in [0.4, 0.5) is 0 Å². The molecule has 0 saturated carbocycles. The summed E-state index contributed by atoms with van der Waals surface area (Å²) in [5.74, 6) is 0. The highest BCUT2D eigenvalue weighted by atomic mass is 16.5. The van der Waals surface area contributed by atoms with Gasteiger partial charge in [0.15, 0.2) is 0 Å². The van der Waals surface area contributed by atoms with E-state index in [9.17, 15) is 0 Å². The summed E-state index contributed by atoms with van der Waals surface area (Å²) >= 11 is 0. The zero-order valence-corrected chi connectivity index (χ0v) is 11.2. The summed E-state index contributed by atoms with van der Waals surface area (Å²) < 4.78 is 5.36. The molecular weight excluding hydrogens is 200 g/mol. The lowest BCUT2D eigenvalue weighted by Crippen LogP contribution is -2.59. The molecule has 1 saturated heterocycles. The van der Waals surface area contributed by atoms with Crippen LogP contribution in [0.3, 0.4) is 0 Å². The molecule has 0 aromatic heterocycles. The van der Waals surface area contributed by atoms with Crippen molar-refractivity contribution in [2.45, 2.75) is 57.5 Å². The number of rotatable bonds is 6. The Hall–Kier alpha value is -0.120. The third-order valence-electron chi connectivity index (χ3n) is 3.84. The van der Waals surface area contributed by atoms with E-state index >= 15 is 0 Å². The Morgan fingerprint density at radius 1 is 1.44 bits per heavy atom. The van der Waals surface area contributed by atoms with E-state index in [2.05, 4.69) is 18.7 Å². The molecule has 2 N–H and O–H groups in total. The molecule has 1 heterocycles. The quantitative estimate of drug-likeness (QED) is 0.756. The van der Waals surface area contributed by atoms with Gasteiger partial charge in [-0.2, -0.15) is 0 Å².